The fourth-order valence-electron chi connectivity index (χ4n) is 3.97. The minimum atomic E-state index is -0.849. The number of rotatable bonds is 5. The number of hydrogen-bond acceptors (Lipinski definition) is 4. The van der Waals surface area contributed by atoms with E-state index in [4.69, 9.17) is 17.3 Å². The van der Waals surface area contributed by atoms with Gasteiger partial charge in [-0.05, 0) is 69.4 Å². The van der Waals surface area contributed by atoms with Gasteiger partial charge in [0.25, 0.3) is 0 Å². The first-order valence-corrected chi connectivity index (χ1v) is 10.9. The second kappa shape index (κ2) is 7.72. The minimum Gasteiger partial charge on any atom is -0.481 e. The number of benzene rings is 2. The maximum atomic E-state index is 11.4. The predicted octanol–water partition coefficient (Wildman–Crippen LogP) is 5.83. The van der Waals surface area contributed by atoms with Crippen LogP contribution < -0.4 is 5.73 Å². The van der Waals surface area contributed by atoms with Crippen LogP contribution in [0.15, 0.2) is 66.3 Å². The molecule has 0 aliphatic carbocycles. The summed E-state index contributed by atoms with van der Waals surface area (Å²) in [5.41, 5.74) is 10.8. The van der Waals surface area contributed by atoms with Crippen LogP contribution in [0.3, 0.4) is 0 Å². The molecule has 0 radical (unpaired) electrons. The van der Waals surface area contributed by atoms with Gasteiger partial charge in [-0.2, -0.15) is 0 Å². The van der Waals surface area contributed by atoms with Crippen LogP contribution in [0.5, 0.6) is 0 Å². The second-order valence-electron chi connectivity index (χ2n) is 7.46. The van der Waals surface area contributed by atoms with E-state index in [1.165, 1.54) is 4.70 Å². The van der Waals surface area contributed by atoms with Crippen LogP contribution in [0.1, 0.15) is 11.1 Å². The topological polar surface area (TPSA) is 81.1 Å². The van der Waals surface area contributed by atoms with Crippen LogP contribution in [0, 0.1) is 0 Å². The van der Waals surface area contributed by atoms with Crippen LogP contribution in [-0.4, -0.2) is 20.6 Å². The van der Waals surface area contributed by atoms with E-state index < -0.39 is 5.97 Å². The Bertz CT molecular complexity index is 1450. The van der Waals surface area contributed by atoms with Crippen molar-refractivity contribution >= 4 is 55.7 Å². The van der Waals surface area contributed by atoms with E-state index in [0.717, 1.165) is 38.5 Å². The van der Waals surface area contributed by atoms with Crippen LogP contribution in [-0.2, 0) is 17.8 Å². The molecule has 0 aliphatic heterocycles. The van der Waals surface area contributed by atoms with Gasteiger partial charge in [0.05, 0.1) is 6.42 Å². The molecular weight excluding hydrogens is 430 g/mol. The number of aromatic nitrogens is 2. The predicted molar refractivity (Wildman–Crippen MR) is 127 cm³/mol. The fourth-order valence-corrected chi connectivity index (χ4v) is 5.08. The molecule has 0 spiro atoms. The maximum absolute atomic E-state index is 11.4. The van der Waals surface area contributed by atoms with Crippen molar-refractivity contribution in [2.45, 2.75) is 13.0 Å². The summed E-state index contributed by atoms with van der Waals surface area (Å²) in [5.74, 6) is -0.390. The van der Waals surface area contributed by atoms with Gasteiger partial charge >= 0.3 is 5.97 Å². The summed E-state index contributed by atoms with van der Waals surface area (Å²) < 4.78 is 3.29. The number of fused-ring (bicyclic) bond motifs is 2. The summed E-state index contributed by atoms with van der Waals surface area (Å²) in [5, 5.41) is 14.3. The molecule has 0 saturated heterocycles. The van der Waals surface area contributed by atoms with Crippen molar-refractivity contribution in [1.82, 2.24) is 9.55 Å². The number of anilines is 1. The Morgan fingerprint density at radius 1 is 1.06 bits per heavy atom. The number of carboxylic acids is 1. The van der Waals surface area contributed by atoms with Crippen molar-refractivity contribution < 1.29 is 9.90 Å². The van der Waals surface area contributed by atoms with Crippen LogP contribution in [0.2, 0.25) is 5.02 Å². The van der Waals surface area contributed by atoms with E-state index in [0.29, 0.717) is 17.4 Å². The smallest absolute Gasteiger partial charge is 0.307 e. The van der Waals surface area contributed by atoms with Crippen molar-refractivity contribution in [2.24, 2.45) is 0 Å². The second-order valence-corrected chi connectivity index (χ2v) is 8.80. The molecule has 0 fully saturated rings. The van der Waals surface area contributed by atoms with Gasteiger partial charge in [-0.15, -0.1) is 11.3 Å². The first-order chi connectivity index (χ1) is 15.0. The molecule has 7 heteroatoms. The number of carboxylic acid groups (broad SMARTS) is 1. The Labute approximate surface area is 187 Å². The zero-order valence-corrected chi connectivity index (χ0v) is 18.0. The van der Waals surface area contributed by atoms with Gasteiger partial charge < -0.3 is 15.4 Å². The molecule has 5 rings (SSSR count). The number of halogens is 1. The first kappa shape index (κ1) is 19.6. The third-order valence-electron chi connectivity index (χ3n) is 5.38. The van der Waals surface area contributed by atoms with Crippen molar-refractivity contribution in [3.63, 3.8) is 0 Å². The molecule has 3 heterocycles. The van der Waals surface area contributed by atoms with E-state index in [2.05, 4.69) is 21.0 Å². The normalized spacial score (nSPS) is 11.4. The van der Waals surface area contributed by atoms with Gasteiger partial charge in [0.15, 0.2) is 0 Å². The average molecular weight is 448 g/mol. The number of pyridine rings is 1. The van der Waals surface area contributed by atoms with Gasteiger partial charge in [-0.3, -0.25) is 4.79 Å². The summed E-state index contributed by atoms with van der Waals surface area (Å²) in [6.45, 7) is 0.623. The van der Waals surface area contributed by atoms with E-state index >= 15 is 0 Å². The lowest BCUT2D eigenvalue weighted by Crippen LogP contribution is -2.00. The summed E-state index contributed by atoms with van der Waals surface area (Å²) >= 11 is 7.91. The number of thiophene rings is 1. The summed E-state index contributed by atoms with van der Waals surface area (Å²) in [6.07, 6.45) is 3.60. The lowest BCUT2D eigenvalue weighted by molar-refractivity contribution is -0.136. The molecule has 0 saturated carbocycles. The number of nitrogen functional groups attached to an aromatic ring is 1. The molecule has 0 unspecified atom stereocenters. The van der Waals surface area contributed by atoms with E-state index in [-0.39, 0.29) is 6.42 Å². The number of aliphatic carboxylic acids is 1. The third-order valence-corrected chi connectivity index (χ3v) is 6.62. The fraction of sp³-hybridized carbons (Fsp3) is 0.0833. The number of nitrogens with two attached hydrogens (primary N) is 1. The Balaban J connectivity index is 1.65. The van der Waals surface area contributed by atoms with Gasteiger partial charge in [0.1, 0.15) is 5.82 Å². The highest BCUT2D eigenvalue weighted by Gasteiger charge is 2.14. The Morgan fingerprint density at radius 3 is 2.71 bits per heavy atom. The standard InChI is InChI=1S/C24H18ClN3O2S/c25-18-2-4-22-20(10-18)17(13-31-22)12-28-11-16(9-24(29)30)19-3-1-14(7-21(19)28)15-5-6-27-23(26)8-15/h1-8,10-11,13H,9,12H2,(H2,26,27)(H,29,30). The highest BCUT2D eigenvalue weighted by atomic mass is 35.5. The molecule has 0 atom stereocenters. The van der Waals surface area contributed by atoms with Gasteiger partial charge in [-0.25, -0.2) is 4.98 Å². The summed E-state index contributed by atoms with van der Waals surface area (Å²) in [4.78, 5) is 15.5. The number of nitrogens with zero attached hydrogens (tertiary/aromatic N) is 2. The number of hydrogen-bond donors (Lipinski definition) is 2. The lowest BCUT2D eigenvalue weighted by Gasteiger charge is -2.08. The van der Waals surface area contributed by atoms with Crippen molar-refractivity contribution in [1.29, 1.82) is 0 Å². The zero-order valence-electron chi connectivity index (χ0n) is 16.4. The highest BCUT2D eigenvalue weighted by molar-refractivity contribution is 7.17. The summed E-state index contributed by atoms with van der Waals surface area (Å²) in [7, 11) is 0. The van der Waals surface area contributed by atoms with E-state index in [1.807, 2.05) is 48.7 Å². The average Bonchev–Trinajstić information content (AvgIpc) is 3.29. The molecular formula is C24H18ClN3O2S. The van der Waals surface area contributed by atoms with Crippen molar-refractivity contribution in [3.8, 4) is 11.1 Å². The lowest BCUT2D eigenvalue weighted by atomic mass is 10.0. The SMILES string of the molecule is Nc1cc(-c2ccc3c(CC(=O)O)cn(Cc4csc5ccc(Cl)cc45)c3c2)ccn1. The van der Waals surface area contributed by atoms with E-state index in [9.17, 15) is 9.90 Å². The largest absolute Gasteiger partial charge is 0.481 e. The molecule has 3 aromatic heterocycles. The molecule has 154 valence electrons. The maximum Gasteiger partial charge on any atom is 0.307 e. The number of carbonyl (C=O) groups is 1. The Hall–Kier alpha value is -3.35. The summed E-state index contributed by atoms with van der Waals surface area (Å²) in [6, 6.07) is 15.7. The Morgan fingerprint density at radius 2 is 1.90 bits per heavy atom. The minimum absolute atomic E-state index is 0.0265. The molecule has 31 heavy (non-hydrogen) atoms. The third kappa shape index (κ3) is 3.76. The quantitative estimate of drug-likeness (QED) is 0.355. The Kier molecular flexibility index (Phi) is 4.88. The molecule has 0 amide bonds. The first-order valence-electron chi connectivity index (χ1n) is 9.69. The van der Waals surface area contributed by atoms with Crippen molar-refractivity contribution in [3.05, 3.63) is 82.5 Å². The highest BCUT2D eigenvalue weighted by Crippen LogP contribution is 2.32. The van der Waals surface area contributed by atoms with Crippen molar-refractivity contribution in [2.75, 3.05) is 5.73 Å². The van der Waals surface area contributed by atoms with Gasteiger partial charge in [-0.1, -0.05) is 23.7 Å². The molecule has 0 aliphatic rings. The van der Waals surface area contributed by atoms with Crippen LogP contribution in [0.4, 0.5) is 5.82 Å². The molecule has 2 aromatic carbocycles. The van der Waals surface area contributed by atoms with E-state index in [1.54, 1.807) is 17.5 Å². The molecule has 3 N–H and O–H groups in total. The van der Waals surface area contributed by atoms with Gasteiger partial charge in [0.2, 0.25) is 0 Å². The van der Waals surface area contributed by atoms with Crippen LogP contribution in [0.25, 0.3) is 32.1 Å². The molecule has 5 nitrogen and oxygen atoms in total. The zero-order chi connectivity index (χ0) is 21.5. The van der Waals surface area contributed by atoms with Gasteiger partial charge in [0, 0.05) is 39.6 Å². The monoisotopic (exact) mass is 447 g/mol. The molecule has 5 aromatic rings. The molecule has 0 bridgehead atoms. The van der Waals surface area contributed by atoms with Crippen LogP contribution >= 0.6 is 22.9 Å².